The molecular formula is C20H22N2O2S2. The van der Waals surface area contributed by atoms with Gasteiger partial charge in [0.15, 0.2) is 0 Å². The largest absolute Gasteiger partial charge is 0.440 e. The Morgan fingerprint density at radius 2 is 2.04 bits per heavy atom. The minimum Gasteiger partial charge on any atom is -0.440 e. The van der Waals surface area contributed by atoms with Crippen LogP contribution in [0.5, 0.6) is 0 Å². The first kappa shape index (κ1) is 18.7. The van der Waals surface area contributed by atoms with E-state index in [4.69, 9.17) is 4.42 Å². The van der Waals surface area contributed by atoms with E-state index in [9.17, 15) is 4.79 Å². The second-order valence-electron chi connectivity index (χ2n) is 6.15. The van der Waals surface area contributed by atoms with Crippen molar-refractivity contribution in [3.63, 3.8) is 0 Å². The number of thiophene rings is 1. The van der Waals surface area contributed by atoms with Crippen LogP contribution in [-0.4, -0.2) is 16.6 Å². The molecule has 136 valence electrons. The Balaban J connectivity index is 1.51. The van der Waals surface area contributed by atoms with E-state index in [1.807, 2.05) is 49.6 Å². The average molecular weight is 387 g/mol. The van der Waals surface area contributed by atoms with Crippen molar-refractivity contribution in [1.29, 1.82) is 0 Å². The van der Waals surface area contributed by atoms with Crippen LogP contribution in [0.25, 0.3) is 10.8 Å². The van der Waals surface area contributed by atoms with Gasteiger partial charge >= 0.3 is 0 Å². The first-order chi connectivity index (χ1) is 12.5. The molecule has 1 amide bonds. The Morgan fingerprint density at radius 1 is 1.27 bits per heavy atom. The summed E-state index contributed by atoms with van der Waals surface area (Å²) in [5.74, 6) is 2.58. The number of oxazole rings is 1. The SMILES string of the molecule is Cc1ccsc1-c1nc(CSCC(=O)N[C@@H](C)c2ccccc2)c(C)o1. The number of carbonyl (C=O) groups excluding carboxylic acids is 1. The fourth-order valence-corrected chi connectivity index (χ4v) is 4.28. The molecule has 2 heterocycles. The van der Waals surface area contributed by atoms with Crippen molar-refractivity contribution in [3.8, 4) is 10.8 Å². The highest BCUT2D eigenvalue weighted by atomic mass is 32.2. The summed E-state index contributed by atoms with van der Waals surface area (Å²) < 4.78 is 5.81. The summed E-state index contributed by atoms with van der Waals surface area (Å²) in [7, 11) is 0. The molecule has 26 heavy (non-hydrogen) atoms. The first-order valence-electron chi connectivity index (χ1n) is 8.47. The van der Waals surface area contributed by atoms with Gasteiger partial charge < -0.3 is 9.73 Å². The van der Waals surface area contributed by atoms with Gasteiger partial charge in [-0.25, -0.2) is 4.98 Å². The van der Waals surface area contributed by atoms with Crippen LogP contribution in [0.15, 0.2) is 46.2 Å². The van der Waals surface area contributed by atoms with Crippen molar-refractivity contribution in [3.05, 3.63) is 64.4 Å². The van der Waals surface area contributed by atoms with Crippen molar-refractivity contribution in [1.82, 2.24) is 10.3 Å². The summed E-state index contributed by atoms with van der Waals surface area (Å²) in [5.41, 5.74) is 3.18. The van der Waals surface area contributed by atoms with E-state index < -0.39 is 0 Å². The molecule has 3 aromatic rings. The van der Waals surface area contributed by atoms with E-state index in [1.165, 1.54) is 5.56 Å². The Kier molecular flexibility index (Phi) is 6.16. The number of aromatic nitrogens is 1. The minimum atomic E-state index is 0.00601. The molecule has 3 rings (SSSR count). The van der Waals surface area contributed by atoms with Gasteiger partial charge in [-0.1, -0.05) is 30.3 Å². The lowest BCUT2D eigenvalue weighted by Gasteiger charge is -2.13. The second-order valence-corrected chi connectivity index (χ2v) is 8.05. The predicted octanol–water partition coefficient (Wildman–Crippen LogP) is 5.13. The molecule has 1 N–H and O–H groups in total. The summed E-state index contributed by atoms with van der Waals surface area (Å²) in [5, 5.41) is 5.07. The summed E-state index contributed by atoms with van der Waals surface area (Å²) in [6.45, 7) is 5.97. The van der Waals surface area contributed by atoms with Crippen LogP contribution in [-0.2, 0) is 10.5 Å². The molecule has 2 aromatic heterocycles. The lowest BCUT2D eigenvalue weighted by atomic mass is 10.1. The van der Waals surface area contributed by atoms with Gasteiger partial charge in [0.1, 0.15) is 5.76 Å². The molecule has 6 heteroatoms. The highest BCUT2D eigenvalue weighted by Gasteiger charge is 2.15. The van der Waals surface area contributed by atoms with E-state index in [2.05, 4.69) is 23.3 Å². The number of amides is 1. The number of thioether (sulfide) groups is 1. The van der Waals surface area contributed by atoms with Gasteiger partial charge in [0, 0.05) is 5.75 Å². The zero-order valence-corrected chi connectivity index (χ0v) is 16.7. The van der Waals surface area contributed by atoms with Gasteiger partial charge in [0.25, 0.3) is 0 Å². The fraction of sp³-hybridized carbons (Fsp3) is 0.300. The van der Waals surface area contributed by atoms with Gasteiger partial charge in [0.05, 0.1) is 22.4 Å². The Morgan fingerprint density at radius 3 is 2.73 bits per heavy atom. The summed E-state index contributed by atoms with van der Waals surface area (Å²) in [4.78, 5) is 17.8. The van der Waals surface area contributed by atoms with Crippen LogP contribution < -0.4 is 5.32 Å². The Bertz CT molecular complexity index is 871. The van der Waals surface area contributed by atoms with Gasteiger partial charge in [-0.2, -0.15) is 0 Å². The maximum absolute atomic E-state index is 12.2. The van der Waals surface area contributed by atoms with Gasteiger partial charge in [0.2, 0.25) is 11.8 Å². The molecule has 0 aliphatic heterocycles. The molecule has 0 fully saturated rings. The molecule has 0 aliphatic rings. The molecule has 1 atom stereocenters. The molecule has 0 radical (unpaired) electrons. The molecule has 1 aromatic carbocycles. The maximum atomic E-state index is 12.2. The molecular weight excluding hydrogens is 364 g/mol. The van der Waals surface area contributed by atoms with Crippen molar-refractivity contribution in [2.24, 2.45) is 0 Å². The Hall–Kier alpha value is -2.05. The van der Waals surface area contributed by atoms with Crippen molar-refractivity contribution < 1.29 is 9.21 Å². The van der Waals surface area contributed by atoms with Crippen LogP contribution >= 0.6 is 23.1 Å². The quantitative estimate of drug-likeness (QED) is 0.611. The van der Waals surface area contributed by atoms with Gasteiger partial charge in [-0.3, -0.25) is 4.79 Å². The number of carbonyl (C=O) groups is 1. The van der Waals surface area contributed by atoms with Crippen molar-refractivity contribution >= 4 is 29.0 Å². The molecule has 0 saturated carbocycles. The van der Waals surface area contributed by atoms with E-state index >= 15 is 0 Å². The van der Waals surface area contributed by atoms with Crippen LogP contribution in [0, 0.1) is 13.8 Å². The number of nitrogens with zero attached hydrogens (tertiary/aromatic N) is 1. The third kappa shape index (κ3) is 4.56. The maximum Gasteiger partial charge on any atom is 0.237 e. The van der Waals surface area contributed by atoms with E-state index in [-0.39, 0.29) is 11.9 Å². The molecule has 0 spiro atoms. The van der Waals surface area contributed by atoms with Crippen LogP contribution in [0.4, 0.5) is 0 Å². The molecule has 0 aliphatic carbocycles. The third-order valence-corrected chi connectivity index (χ3v) is 6.05. The molecule has 0 unspecified atom stereocenters. The van der Waals surface area contributed by atoms with Crippen LogP contribution in [0.3, 0.4) is 0 Å². The normalized spacial score (nSPS) is 12.1. The van der Waals surface area contributed by atoms with Gasteiger partial charge in [-0.05, 0) is 43.3 Å². The third-order valence-electron chi connectivity index (χ3n) is 4.10. The topological polar surface area (TPSA) is 55.1 Å². The summed E-state index contributed by atoms with van der Waals surface area (Å²) >= 11 is 3.18. The van der Waals surface area contributed by atoms with E-state index in [0.717, 1.165) is 21.9 Å². The number of aryl methyl sites for hydroxylation is 2. The molecule has 4 nitrogen and oxygen atoms in total. The highest BCUT2D eigenvalue weighted by Crippen LogP contribution is 2.30. The smallest absolute Gasteiger partial charge is 0.237 e. The Labute approximate surface area is 162 Å². The van der Waals surface area contributed by atoms with Crippen molar-refractivity contribution in [2.45, 2.75) is 32.6 Å². The predicted molar refractivity (Wildman–Crippen MR) is 108 cm³/mol. The van der Waals surface area contributed by atoms with Crippen LogP contribution in [0.2, 0.25) is 0 Å². The lowest BCUT2D eigenvalue weighted by Crippen LogP contribution is -2.28. The average Bonchev–Trinajstić information content (AvgIpc) is 3.21. The molecule has 0 bridgehead atoms. The number of hydrogen-bond acceptors (Lipinski definition) is 5. The summed E-state index contributed by atoms with van der Waals surface area (Å²) in [6.07, 6.45) is 0. The second kappa shape index (κ2) is 8.56. The number of nitrogens with one attached hydrogen (secondary N) is 1. The standard InChI is InChI=1S/C20H22N2O2S2/c1-13-9-10-26-19(13)20-22-17(15(3)24-20)11-25-12-18(23)21-14(2)16-7-5-4-6-8-16/h4-10,14H,11-12H2,1-3H3,(H,21,23)/t14-/m0/s1. The zero-order chi connectivity index (χ0) is 18.5. The number of benzene rings is 1. The number of hydrogen-bond donors (Lipinski definition) is 1. The van der Waals surface area contributed by atoms with E-state index in [0.29, 0.717) is 17.4 Å². The highest BCUT2D eigenvalue weighted by molar-refractivity contribution is 7.99. The van der Waals surface area contributed by atoms with Gasteiger partial charge in [-0.15, -0.1) is 23.1 Å². The lowest BCUT2D eigenvalue weighted by molar-refractivity contribution is -0.119. The van der Waals surface area contributed by atoms with Crippen molar-refractivity contribution in [2.75, 3.05) is 5.75 Å². The monoisotopic (exact) mass is 386 g/mol. The molecule has 0 saturated heterocycles. The zero-order valence-electron chi connectivity index (χ0n) is 15.1. The summed E-state index contributed by atoms with van der Waals surface area (Å²) in [6, 6.07) is 12.0. The van der Waals surface area contributed by atoms with Crippen LogP contribution in [0.1, 0.15) is 35.5 Å². The first-order valence-corrected chi connectivity index (χ1v) is 10.5. The minimum absolute atomic E-state index is 0.00601. The fourth-order valence-electron chi connectivity index (χ4n) is 2.60. The van der Waals surface area contributed by atoms with E-state index in [1.54, 1.807) is 23.1 Å². The number of rotatable bonds is 7.